The molecule has 0 spiro atoms. The van der Waals surface area contributed by atoms with Crippen molar-refractivity contribution < 1.29 is 14.2 Å². The van der Waals surface area contributed by atoms with E-state index in [0.29, 0.717) is 11.5 Å². The van der Waals surface area contributed by atoms with E-state index >= 15 is 0 Å². The average molecular weight is 288 g/mol. The van der Waals surface area contributed by atoms with Gasteiger partial charge in [0.15, 0.2) is 0 Å². The highest BCUT2D eigenvalue weighted by atomic mass is 16.5. The van der Waals surface area contributed by atoms with E-state index in [9.17, 15) is 0 Å². The van der Waals surface area contributed by atoms with Gasteiger partial charge in [-0.25, -0.2) is 0 Å². The van der Waals surface area contributed by atoms with Crippen molar-refractivity contribution in [2.45, 2.75) is 25.8 Å². The molecule has 1 saturated heterocycles. The van der Waals surface area contributed by atoms with Crippen molar-refractivity contribution >= 4 is 0 Å². The maximum absolute atomic E-state index is 5.55. The van der Waals surface area contributed by atoms with E-state index in [1.807, 2.05) is 7.05 Å². The molecule has 0 radical (unpaired) electrons. The number of ether oxygens (including phenoxy) is 3. The number of nitrogens with zero attached hydrogens (tertiary/aromatic N) is 1. The fraction of sp³-hybridized carbons (Fsp3) is 1.00. The molecule has 1 heterocycles. The van der Waals surface area contributed by atoms with Gasteiger partial charge in [0.05, 0.1) is 13.2 Å². The lowest BCUT2D eigenvalue weighted by Crippen LogP contribution is -2.50. The average Bonchev–Trinajstić information content (AvgIpc) is 2.45. The SMILES string of the molecule is CNCC1(CN(CCOC)C(C)COC)CCOCC1. The third-order valence-electron chi connectivity index (χ3n) is 4.26. The molecule has 0 bridgehead atoms. The van der Waals surface area contributed by atoms with Crippen LogP contribution in [0.2, 0.25) is 0 Å². The van der Waals surface area contributed by atoms with Gasteiger partial charge in [-0.3, -0.25) is 4.90 Å². The van der Waals surface area contributed by atoms with Crippen LogP contribution in [0.5, 0.6) is 0 Å². The summed E-state index contributed by atoms with van der Waals surface area (Å²) in [7, 11) is 5.56. The zero-order chi connectivity index (χ0) is 14.8. The highest BCUT2D eigenvalue weighted by molar-refractivity contribution is 4.88. The Kier molecular flexibility index (Phi) is 8.64. The van der Waals surface area contributed by atoms with E-state index < -0.39 is 0 Å². The Balaban J connectivity index is 2.66. The van der Waals surface area contributed by atoms with Gasteiger partial charge in [-0.15, -0.1) is 0 Å². The van der Waals surface area contributed by atoms with Crippen LogP contribution < -0.4 is 5.32 Å². The molecular formula is C15H32N2O3. The summed E-state index contributed by atoms with van der Waals surface area (Å²) in [5, 5.41) is 3.37. The Morgan fingerprint density at radius 3 is 2.50 bits per heavy atom. The summed E-state index contributed by atoms with van der Waals surface area (Å²) in [6.07, 6.45) is 2.24. The highest BCUT2D eigenvalue weighted by Gasteiger charge is 2.34. The van der Waals surface area contributed by atoms with Crippen LogP contribution in [0.1, 0.15) is 19.8 Å². The molecule has 1 fully saturated rings. The maximum atomic E-state index is 5.55. The van der Waals surface area contributed by atoms with Crippen molar-refractivity contribution in [1.82, 2.24) is 10.2 Å². The van der Waals surface area contributed by atoms with Crippen molar-refractivity contribution in [1.29, 1.82) is 0 Å². The van der Waals surface area contributed by atoms with E-state index in [-0.39, 0.29) is 0 Å². The summed E-state index contributed by atoms with van der Waals surface area (Å²) in [6.45, 7) is 8.57. The molecule has 0 amide bonds. The largest absolute Gasteiger partial charge is 0.383 e. The van der Waals surface area contributed by atoms with Gasteiger partial charge in [0, 0.05) is 53.1 Å². The first-order valence-electron chi connectivity index (χ1n) is 7.62. The molecular weight excluding hydrogens is 256 g/mol. The van der Waals surface area contributed by atoms with E-state index in [2.05, 4.69) is 17.1 Å². The van der Waals surface area contributed by atoms with Gasteiger partial charge in [0.25, 0.3) is 0 Å². The summed E-state index contributed by atoms with van der Waals surface area (Å²) >= 11 is 0. The van der Waals surface area contributed by atoms with Crippen LogP contribution >= 0.6 is 0 Å². The molecule has 120 valence electrons. The highest BCUT2D eigenvalue weighted by Crippen LogP contribution is 2.31. The second-order valence-corrected chi connectivity index (χ2v) is 5.91. The number of methoxy groups -OCH3 is 2. The van der Waals surface area contributed by atoms with Crippen LogP contribution in [0.25, 0.3) is 0 Å². The number of hydrogen-bond donors (Lipinski definition) is 1. The van der Waals surface area contributed by atoms with Crippen LogP contribution in [-0.2, 0) is 14.2 Å². The first-order valence-corrected chi connectivity index (χ1v) is 7.62. The second-order valence-electron chi connectivity index (χ2n) is 5.91. The minimum Gasteiger partial charge on any atom is -0.383 e. The molecule has 0 aromatic heterocycles. The van der Waals surface area contributed by atoms with E-state index in [1.165, 1.54) is 0 Å². The molecule has 1 N–H and O–H groups in total. The number of rotatable bonds is 10. The molecule has 5 nitrogen and oxygen atoms in total. The summed E-state index contributed by atoms with van der Waals surface area (Å²) in [6, 6.07) is 0.409. The molecule has 5 heteroatoms. The Hall–Kier alpha value is -0.200. The monoisotopic (exact) mass is 288 g/mol. The normalized spacial score (nSPS) is 20.2. The lowest BCUT2D eigenvalue weighted by Gasteiger charge is -2.42. The molecule has 1 rings (SSSR count). The zero-order valence-corrected chi connectivity index (χ0v) is 13.6. The lowest BCUT2D eigenvalue weighted by atomic mass is 9.79. The van der Waals surface area contributed by atoms with Crippen LogP contribution in [0.4, 0.5) is 0 Å². The maximum Gasteiger partial charge on any atom is 0.0615 e. The van der Waals surface area contributed by atoms with Gasteiger partial charge in [0.1, 0.15) is 0 Å². The van der Waals surface area contributed by atoms with Crippen molar-refractivity contribution in [3.8, 4) is 0 Å². The van der Waals surface area contributed by atoms with Crippen LogP contribution in [0.3, 0.4) is 0 Å². The fourth-order valence-electron chi connectivity index (χ4n) is 3.01. The van der Waals surface area contributed by atoms with E-state index in [0.717, 1.165) is 58.9 Å². The predicted molar refractivity (Wildman–Crippen MR) is 81.2 cm³/mol. The molecule has 0 saturated carbocycles. The van der Waals surface area contributed by atoms with Crippen molar-refractivity contribution in [2.75, 3.05) is 67.3 Å². The van der Waals surface area contributed by atoms with Crippen LogP contribution in [-0.4, -0.2) is 78.3 Å². The van der Waals surface area contributed by atoms with E-state index in [1.54, 1.807) is 14.2 Å². The first kappa shape index (κ1) is 17.9. The quantitative estimate of drug-likeness (QED) is 0.649. The lowest BCUT2D eigenvalue weighted by molar-refractivity contribution is -0.0215. The van der Waals surface area contributed by atoms with Crippen LogP contribution in [0, 0.1) is 5.41 Å². The minimum atomic E-state index is 0.308. The second kappa shape index (κ2) is 9.68. The third kappa shape index (κ3) is 5.66. The first-order chi connectivity index (χ1) is 9.67. The third-order valence-corrected chi connectivity index (χ3v) is 4.26. The summed E-state index contributed by atoms with van der Waals surface area (Å²) in [4.78, 5) is 2.50. The zero-order valence-electron chi connectivity index (χ0n) is 13.6. The summed E-state index contributed by atoms with van der Waals surface area (Å²) in [5.41, 5.74) is 0.308. The molecule has 0 aromatic rings. The summed E-state index contributed by atoms with van der Waals surface area (Å²) < 4.78 is 16.1. The minimum absolute atomic E-state index is 0.308. The Labute approximate surface area is 123 Å². The van der Waals surface area contributed by atoms with Gasteiger partial charge < -0.3 is 19.5 Å². The van der Waals surface area contributed by atoms with Crippen molar-refractivity contribution in [3.63, 3.8) is 0 Å². The molecule has 0 aromatic carbocycles. The predicted octanol–water partition coefficient (Wildman–Crippen LogP) is 0.986. The topological polar surface area (TPSA) is 43.0 Å². The standard InChI is InChI=1S/C15H32N2O3/c1-14(11-19-4)17(7-10-18-3)13-15(12-16-2)5-8-20-9-6-15/h14,16H,5-13H2,1-4H3. The van der Waals surface area contributed by atoms with Gasteiger partial charge in [-0.05, 0) is 32.2 Å². The van der Waals surface area contributed by atoms with Gasteiger partial charge >= 0.3 is 0 Å². The van der Waals surface area contributed by atoms with Gasteiger partial charge in [-0.2, -0.15) is 0 Å². The van der Waals surface area contributed by atoms with Crippen molar-refractivity contribution in [3.05, 3.63) is 0 Å². The Bertz CT molecular complexity index is 240. The Morgan fingerprint density at radius 2 is 1.95 bits per heavy atom. The number of hydrogen-bond acceptors (Lipinski definition) is 5. The molecule has 1 aliphatic heterocycles. The van der Waals surface area contributed by atoms with Crippen molar-refractivity contribution in [2.24, 2.45) is 5.41 Å². The Morgan fingerprint density at radius 1 is 1.25 bits per heavy atom. The molecule has 1 unspecified atom stereocenters. The summed E-state index contributed by atoms with van der Waals surface area (Å²) in [5.74, 6) is 0. The smallest absolute Gasteiger partial charge is 0.0615 e. The van der Waals surface area contributed by atoms with Gasteiger partial charge in [-0.1, -0.05) is 0 Å². The molecule has 1 atom stereocenters. The van der Waals surface area contributed by atoms with E-state index in [4.69, 9.17) is 14.2 Å². The molecule has 20 heavy (non-hydrogen) atoms. The molecule has 1 aliphatic rings. The molecule has 0 aliphatic carbocycles. The van der Waals surface area contributed by atoms with Gasteiger partial charge in [0.2, 0.25) is 0 Å². The van der Waals surface area contributed by atoms with Crippen LogP contribution in [0.15, 0.2) is 0 Å². The number of nitrogens with one attached hydrogen (secondary N) is 1. The fourth-order valence-corrected chi connectivity index (χ4v) is 3.01.